The number of carbonyl (C=O) groups excluding carboxylic acids is 1. The molecule has 2 aromatic rings. The number of halogens is 1. The fourth-order valence-electron chi connectivity index (χ4n) is 2.21. The predicted octanol–water partition coefficient (Wildman–Crippen LogP) is 4.36. The van der Waals surface area contributed by atoms with E-state index < -0.39 is 0 Å². The Morgan fingerprint density at radius 2 is 1.91 bits per heavy atom. The van der Waals surface area contributed by atoms with Crippen LogP contribution in [0.5, 0.6) is 0 Å². The molecule has 2 rings (SSSR count). The molecule has 4 heteroatoms. The second-order valence-corrected chi connectivity index (χ2v) is 6.47. The molecule has 0 saturated heterocycles. The first-order chi connectivity index (χ1) is 10.6. The molecule has 116 valence electrons. The summed E-state index contributed by atoms with van der Waals surface area (Å²) in [6.07, 6.45) is 0. The number of rotatable bonds is 6. The Morgan fingerprint density at radius 3 is 2.55 bits per heavy atom. The van der Waals surface area contributed by atoms with Crippen molar-refractivity contribution < 1.29 is 9.18 Å². The minimum atomic E-state index is -0.271. The van der Waals surface area contributed by atoms with Gasteiger partial charge in [-0.3, -0.25) is 4.79 Å². The van der Waals surface area contributed by atoms with Crippen molar-refractivity contribution >= 4 is 17.7 Å². The summed E-state index contributed by atoms with van der Waals surface area (Å²) in [5.41, 5.74) is 0.812. The van der Waals surface area contributed by atoms with Gasteiger partial charge in [-0.25, -0.2) is 4.39 Å². The molecule has 0 radical (unpaired) electrons. The normalized spacial score (nSPS) is 12.0. The van der Waals surface area contributed by atoms with Gasteiger partial charge in [0.05, 0.1) is 5.25 Å². The molecule has 0 aromatic heterocycles. The molecule has 0 heterocycles. The number of hydrogen-bond acceptors (Lipinski definition) is 2. The third-order valence-corrected chi connectivity index (χ3v) is 4.46. The Morgan fingerprint density at radius 1 is 1.18 bits per heavy atom. The van der Waals surface area contributed by atoms with Crippen molar-refractivity contribution in [2.24, 2.45) is 0 Å². The van der Waals surface area contributed by atoms with E-state index in [4.69, 9.17) is 0 Å². The monoisotopic (exact) mass is 317 g/mol. The highest BCUT2D eigenvalue weighted by molar-refractivity contribution is 8.00. The van der Waals surface area contributed by atoms with Crippen LogP contribution in [0.1, 0.15) is 19.4 Å². The summed E-state index contributed by atoms with van der Waals surface area (Å²) in [5.74, 6) is -0.201. The number of nitrogens with zero attached hydrogens (tertiary/aromatic N) is 1. The molecule has 22 heavy (non-hydrogen) atoms. The molecule has 2 nitrogen and oxygen atoms in total. The smallest absolute Gasteiger partial charge is 0.236 e. The summed E-state index contributed by atoms with van der Waals surface area (Å²) in [4.78, 5) is 15.4. The maximum absolute atomic E-state index is 13.3. The van der Waals surface area contributed by atoms with Crippen molar-refractivity contribution in [1.82, 2.24) is 4.90 Å². The Kier molecular flexibility index (Phi) is 6.01. The van der Waals surface area contributed by atoms with Crippen LogP contribution in [-0.4, -0.2) is 22.6 Å². The highest BCUT2D eigenvalue weighted by Gasteiger charge is 2.20. The van der Waals surface area contributed by atoms with Gasteiger partial charge in [0.15, 0.2) is 0 Å². The number of amides is 1. The number of hydrogen-bond donors (Lipinski definition) is 0. The van der Waals surface area contributed by atoms with Gasteiger partial charge in [0.25, 0.3) is 0 Å². The van der Waals surface area contributed by atoms with E-state index in [1.54, 1.807) is 22.7 Å². The summed E-state index contributed by atoms with van der Waals surface area (Å²) < 4.78 is 13.3. The van der Waals surface area contributed by atoms with E-state index in [9.17, 15) is 9.18 Å². The largest absolute Gasteiger partial charge is 0.338 e. The number of carbonyl (C=O) groups is 1. The van der Waals surface area contributed by atoms with Crippen LogP contribution in [0.15, 0.2) is 59.5 Å². The van der Waals surface area contributed by atoms with Gasteiger partial charge in [-0.1, -0.05) is 30.3 Å². The zero-order valence-corrected chi connectivity index (χ0v) is 13.6. The molecule has 0 bridgehead atoms. The van der Waals surface area contributed by atoms with E-state index in [2.05, 4.69) is 0 Å². The summed E-state index contributed by atoms with van der Waals surface area (Å²) in [5, 5.41) is -0.170. The zero-order valence-electron chi connectivity index (χ0n) is 12.8. The van der Waals surface area contributed by atoms with Crippen LogP contribution < -0.4 is 0 Å². The summed E-state index contributed by atoms with van der Waals surface area (Å²) in [6.45, 7) is 4.90. The molecule has 0 saturated carbocycles. The molecule has 0 N–H and O–H groups in total. The molecule has 0 aliphatic carbocycles. The van der Waals surface area contributed by atoms with Crippen molar-refractivity contribution in [3.63, 3.8) is 0 Å². The fourth-order valence-corrected chi connectivity index (χ4v) is 3.18. The van der Waals surface area contributed by atoms with Gasteiger partial charge < -0.3 is 4.90 Å². The predicted molar refractivity (Wildman–Crippen MR) is 89.3 cm³/mol. The van der Waals surface area contributed by atoms with Gasteiger partial charge in [-0.05, 0) is 43.7 Å². The fraction of sp³-hybridized carbons (Fsp3) is 0.278. The lowest BCUT2D eigenvalue weighted by atomic mass is 10.2. The van der Waals surface area contributed by atoms with Gasteiger partial charge >= 0.3 is 0 Å². The van der Waals surface area contributed by atoms with Crippen LogP contribution in [0.25, 0.3) is 0 Å². The van der Waals surface area contributed by atoms with Crippen molar-refractivity contribution in [3.8, 4) is 0 Å². The number of benzene rings is 2. The van der Waals surface area contributed by atoms with Crippen LogP contribution in [0.4, 0.5) is 4.39 Å². The first-order valence-corrected chi connectivity index (χ1v) is 8.23. The Hall–Kier alpha value is -1.81. The first-order valence-electron chi connectivity index (χ1n) is 7.35. The van der Waals surface area contributed by atoms with Gasteiger partial charge in [0.2, 0.25) is 5.91 Å². The maximum atomic E-state index is 13.3. The van der Waals surface area contributed by atoms with E-state index >= 15 is 0 Å². The second-order valence-electron chi connectivity index (χ2n) is 5.06. The topological polar surface area (TPSA) is 20.3 Å². The highest BCUT2D eigenvalue weighted by atomic mass is 32.2. The van der Waals surface area contributed by atoms with E-state index in [1.165, 1.54) is 12.1 Å². The van der Waals surface area contributed by atoms with Gasteiger partial charge in [-0.2, -0.15) is 0 Å². The van der Waals surface area contributed by atoms with Gasteiger partial charge in [-0.15, -0.1) is 11.8 Å². The molecule has 0 aliphatic heterocycles. The van der Waals surface area contributed by atoms with Crippen LogP contribution >= 0.6 is 11.8 Å². The third kappa shape index (κ3) is 4.60. The van der Waals surface area contributed by atoms with E-state index in [-0.39, 0.29) is 17.0 Å². The first kappa shape index (κ1) is 16.6. The second kappa shape index (κ2) is 7.99. The summed E-state index contributed by atoms with van der Waals surface area (Å²) in [7, 11) is 0. The highest BCUT2D eigenvalue weighted by Crippen LogP contribution is 2.24. The third-order valence-electron chi connectivity index (χ3n) is 3.36. The molecule has 1 atom stereocenters. The van der Waals surface area contributed by atoms with Gasteiger partial charge in [0, 0.05) is 18.0 Å². The molecule has 2 aromatic carbocycles. The zero-order chi connectivity index (χ0) is 15.9. The van der Waals surface area contributed by atoms with E-state index in [0.29, 0.717) is 13.1 Å². The minimum absolute atomic E-state index is 0.0700. The molecule has 0 spiro atoms. The van der Waals surface area contributed by atoms with Crippen LogP contribution in [-0.2, 0) is 11.3 Å². The molecule has 1 amide bonds. The molecule has 0 aliphatic rings. The van der Waals surface area contributed by atoms with Gasteiger partial charge in [0.1, 0.15) is 5.82 Å². The van der Waals surface area contributed by atoms with Crippen LogP contribution in [0.3, 0.4) is 0 Å². The lowest BCUT2D eigenvalue weighted by molar-refractivity contribution is -0.130. The van der Waals surface area contributed by atoms with Crippen molar-refractivity contribution in [2.45, 2.75) is 30.5 Å². The Labute approximate surface area is 135 Å². The van der Waals surface area contributed by atoms with Crippen LogP contribution in [0, 0.1) is 5.82 Å². The Balaban J connectivity index is 2.01. The molecule has 1 unspecified atom stereocenters. The standard InChI is InChI=1S/C18H20FNOS/c1-3-20(13-15-8-7-9-16(19)12-15)18(21)14(2)22-17-10-5-4-6-11-17/h4-12,14H,3,13H2,1-2H3. The van der Waals surface area contributed by atoms with Crippen molar-refractivity contribution in [3.05, 3.63) is 66.0 Å². The van der Waals surface area contributed by atoms with Crippen molar-refractivity contribution in [2.75, 3.05) is 6.54 Å². The lowest BCUT2D eigenvalue weighted by Crippen LogP contribution is -2.35. The van der Waals surface area contributed by atoms with Crippen LogP contribution in [0.2, 0.25) is 0 Å². The maximum Gasteiger partial charge on any atom is 0.236 e. The van der Waals surface area contributed by atoms with Crippen molar-refractivity contribution in [1.29, 1.82) is 0 Å². The molecular formula is C18H20FNOS. The minimum Gasteiger partial charge on any atom is -0.338 e. The average Bonchev–Trinajstić information content (AvgIpc) is 2.53. The molecule has 0 fully saturated rings. The average molecular weight is 317 g/mol. The summed E-state index contributed by atoms with van der Waals surface area (Å²) in [6, 6.07) is 16.3. The lowest BCUT2D eigenvalue weighted by Gasteiger charge is -2.24. The summed E-state index contributed by atoms with van der Waals surface area (Å²) >= 11 is 1.54. The Bertz CT molecular complexity index is 617. The quantitative estimate of drug-likeness (QED) is 0.738. The SMILES string of the molecule is CCN(Cc1cccc(F)c1)C(=O)C(C)Sc1ccccc1. The van der Waals surface area contributed by atoms with E-state index in [1.807, 2.05) is 50.2 Å². The van der Waals surface area contributed by atoms with E-state index in [0.717, 1.165) is 10.5 Å². The number of thioether (sulfide) groups is 1. The molecular weight excluding hydrogens is 297 g/mol.